The average molecular weight is 325 g/mol. The molecule has 0 aliphatic heterocycles. The molecule has 1 amide bonds. The summed E-state index contributed by atoms with van der Waals surface area (Å²) in [7, 11) is 3.88. The lowest BCUT2D eigenvalue weighted by Gasteiger charge is -2.22. The standard InChI is InChI=1S/C18H19N3O3/c1-21(2)15(16-9-6-10-23-16)12-19-18(22)14-11-20-24-17(14)13-7-4-3-5-8-13/h3-11,15H,12H2,1-2H3,(H,19,22). The number of furan rings is 1. The quantitative estimate of drug-likeness (QED) is 0.754. The van der Waals surface area contributed by atoms with E-state index >= 15 is 0 Å². The summed E-state index contributed by atoms with van der Waals surface area (Å²) in [4.78, 5) is 14.5. The molecule has 0 fully saturated rings. The molecule has 0 aliphatic rings. The smallest absolute Gasteiger partial charge is 0.256 e. The molecule has 6 nitrogen and oxygen atoms in total. The van der Waals surface area contributed by atoms with E-state index in [9.17, 15) is 4.79 Å². The molecule has 0 radical (unpaired) electrons. The monoisotopic (exact) mass is 325 g/mol. The Morgan fingerprint density at radius 3 is 2.67 bits per heavy atom. The number of likely N-dealkylation sites (N-methyl/N-ethyl adjacent to an activating group) is 1. The zero-order valence-corrected chi connectivity index (χ0v) is 13.6. The molecule has 1 atom stereocenters. The minimum absolute atomic E-state index is 0.0519. The Morgan fingerprint density at radius 1 is 1.21 bits per heavy atom. The van der Waals surface area contributed by atoms with Gasteiger partial charge >= 0.3 is 0 Å². The molecule has 3 aromatic rings. The summed E-state index contributed by atoms with van der Waals surface area (Å²) in [6.07, 6.45) is 3.07. The lowest BCUT2D eigenvalue weighted by molar-refractivity contribution is 0.0939. The minimum Gasteiger partial charge on any atom is -0.468 e. The fourth-order valence-electron chi connectivity index (χ4n) is 2.50. The summed E-state index contributed by atoms with van der Waals surface area (Å²) in [5.41, 5.74) is 1.23. The van der Waals surface area contributed by atoms with E-state index in [-0.39, 0.29) is 11.9 Å². The molecule has 6 heteroatoms. The molecule has 1 aromatic carbocycles. The molecule has 1 unspecified atom stereocenters. The first-order valence-corrected chi connectivity index (χ1v) is 7.65. The van der Waals surface area contributed by atoms with Crippen LogP contribution in [0, 0.1) is 0 Å². The van der Waals surface area contributed by atoms with Crippen molar-refractivity contribution in [3.63, 3.8) is 0 Å². The van der Waals surface area contributed by atoms with E-state index in [1.807, 2.05) is 61.5 Å². The highest BCUT2D eigenvalue weighted by Gasteiger charge is 2.21. The van der Waals surface area contributed by atoms with Crippen LogP contribution in [0.15, 0.2) is 63.9 Å². The second-order valence-corrected chi connectivity index (χ2v) is 5.64. The molecule has 1 N–H and O–H groups in total. The topological polar surface area (TPSA) is 71.5 Å². The summed E-state index contributed by atoms with van der Waals surface area (Å²) in [5.74, 6) is 1.04. The third kappa shape index (κ3) is 3.38. The predicted octanol–water partition coefficient (Wildman–Crippen LogP) is 2.97. The summed E-state index contributed by atoms with van der Waals surface area (Å²) < 4.78 is 10.7. The number of hydrogen-bond donors (Lipinski definition) is 1. The highest BCUT2D eigenvalue weighted by molar-refractivity contribution is 5.99. The molecule has 0 saturated heterocycles. The van der Waals surface area contributed by atoms with Crippen molar-refractivity contribution in [2.75, 3.05) is 20.6 Å². The Kier molecular flexibility index (Phi) is 4.77. The third-order valence-corrected chi connectivity index (χ3v) is 3.80. The number of nitrogens with zero attached hydrogens (tertiary/aromatic N) is 2. The van der Waals surface area contributed by atoms with Crippen LogP contribution in [-0.4, -0.2) is 36.6 Å². The molecule has 3 rings (SSSR count). The van der Waals surface area contributed by atoms with Crippen molar-refractivity contribution in [3.05, 3.63) is 66.2 Å². The maximum atomic E-state index is 12.5. The van der Waals surface area contributed by atoms with Gasteiger partial charge in [-0.25, -0.2) is 0 Å². The summed E-state index contributed by atoms with van der Waals surface area (Å²) in [5, 5.41) is 6.69. The van der Waals surface area contributed by atoms with Crippen molar-refractivity contribution in [1.82, 2.24) is 15.4 Å². The Labute approximate surface area is 140 Å². The van der Waals surface area contributed by atoms with Crippen molar-refractivity contribution in [2.45, 2.75) is 6.04 Å². The number of benzene rings is 1. The first kappa shape index (κ1) is 16.0. The van der Waals surface area contributed by atoms with E-state index in [0.717, 1.165) is 11.3 Å². The second kappa shape index (κ2) is 7.14. The van der Waals surface area contributed by atoms with Gasteiger partial charge in [0.25, 0.3) is 5.91 Å². The van der Waals surface area contributed by atoms with Crippen LogP contribution in [0.1, 0.15) is 22.2 Å². The number of aromatic nitrogens is 1. The van der Waals surface area contributed by atoms with Crippen molar-refractivity contribution < 1.29 is 13.7 Å². The van der Waals surface area contributed by atoms with Crippen molar-refractivity contribution in [1.29, 1.82) is 0 Å². The van der Waals surface area contributed by atoms with E-state index in [4.69, 9.17) is 8.94 Å². The first-order valence-electron chi connectivity index (χ1n) is 7.65. The van der Waals surface area contributed by atoms with Gasteiger partial charge < -0.3 is 14.3 Å². The Morgan fingerprint density at radius 2 is 2.00 bits per heavy atom. The molecule has 0 spiro atoms. The van der Waals surface area contributed by atoms with Gasteiger partial charge in [0, 0.05) is 12.1 Å². The van der Waals surface area contributed by atoms with Crippen LogP contribution in [0.2, 0.25) is 0 Å². The zero-order valence-electron chi connectivity index (χ0n) is 13.6. The van der Waals surface area contributed by atoms with E-state index in [0.29, 0.717) is 17.9 Å². The van der Waals surface area contributed by atoms with Gasteiger partial charge in [0.15, 0.2) is 5.76 Å². The first-order chi connectivity index (χ1) is 11.7. The maximum Gasteiger partial charge on any atom is 0.256 e. The fraction of sp³-hybridized carbons (Fsp3) is 0.222. The van der Waals surface area contributed by atoms with Gasteiger partial charge in [-0.05, 0) is 26.2 Å². The van der Waals surface area contributed by atoms with Crippen LogP contribution in [0.4, 0.5) is 0 Å². The van der Waals surface area contributed by atoms with Crippen LogP contribution >= 0.6 is 0 Å². The molecular formula is C18H19N3O3. The number of hydrogen-bond acceptors (Lipinski definition) is 5. The van der Waals surface area contributed by atoms with Crippen LogP contribution < -0.4 is 5.32 Å². The summed E-state index contributed by atoms with van der Waals surface area (Å²) >= 11 is 0. The van der Waals surface area contributed by atoms with Crippen LogP contribution in [0.5, 0.6) is 0 Å². The van der Waals surface area contributed by atoms with Crippen LogP contribution in [0.3, 0.4) is 0 Å². The van der Waals surface area contributed by atoms with Crippen molar-refractivity contribution in [2.24, 2.45) is 0 Å². The fourth-order valence-corrected chi connectivity index (χ4v) is 2.50. The molecule has 0 bridgehead atoms. The maximum absolute atomic E-state index is 12.5. The normalized spacial score (nSPS) is 12.3. The number of nitrogens with one attached hydrogen (secondary N) is 1. The van der Waals surface area contributed by atoms with E-state index in [2.05, 4.69) is 10.5 Å². The predicted molar refractivity (Wildman–Crippen MR) is 89.4 cm³/mol. The van der Waals surface area contributed by atoms with Gasteiger partial charge in [-0.15, -0.1) is 0 Å². The van der Waals surface area contributed by atoms with Gasteiger partial charge in [-0.3, -0.25) is 9.69 Å². The van der Waals surface area contributed by atoms with E-state index < -0.39 is 0 Å². The minimum atomic E-state index is -0.228. The molecule has 0 saturated carbocycles. The average Bonchev–Trinajstić information content (AvgIpc) is 3.27. The summed E-state index contributed by atoms with van der Waals surface area (Å²) in [6, 6.07) is 13.1. The van der Waals surface area contributed by atoms with Gasteiger partial charge in [0.1, 0.15) is 11.3 Å². The number of carbonyl (C=O) groups is 1. The molecule has 0 aliphatic carbocycles. The van der Waals surface area contributed by atoms with E-state index in [1.165, 1.54) is 6.20 Å². The SMILES string of the molecule is CN(C)C(CNC(=O)c1cnoc1-c1ccccc1)c1ccco1. The van der Waals surface area contributed by atoms with Crippen LogP contribution in [-0.2, 0) is 0 Å². The Balaban J connectivity index is 1.73. The van der Waals surface area contributed by atoms with E-state index in [1.54, 1.807) is 6.26 Å². The lowest BCUT2D eigenvalue weighted by atomic mass is 10.1. The Bertz CT molecular complexity index is 779. The van der Waals surface area contributed by atoms with Crippen LogP contribution in [0.25, 0.3) is 11.3 Å². The van der Waals surface area contributed by atoms with Crippen molar-refractivity contribution in [3.8, 4) is 11.3 Å². The van der Waals surface area contributed by atoms with Gasteiger partial charge in [-0.1, -0.05) is 35.5 Å². The molecule has 24 heavy (non-hydrogen) atoms. The number of amides is 1. The lowest BCUT2D eigenvalue weighted by Crippen LogP contribution is -2.34. The molecule has 124 valence electrons. The highest BCUT2D eigenvalue weighted by atomic mass is 16.5. The second-order valence-electron chi connectivity index (χ2n) is 5.64. The number of carbonyl (C=O) groups excluding carboxylic acids is 1. The molecule has 2 heterocycles. The zero-order chi connectivity index (χ0) is 16.9. The van der Waals surface area contributed by atoms with Crippen molar-refractivity contribution >= 4 is 5.91 Å². The van der Waals surface area contributed by atoms with Gasteiger partial charge in [-0.2, -0.15) is 0 Å². The Hall–Kier alpha value is -2.86. The number of rotatable bonds is 6. The third-order valence-electron chi connectivity index (χ3n) is 3.80. The van der Waals surface area contributed by atoms with Gasteiger partial charge in [0.2, 0.25) is 0 Å². The summed E-state index contributed by atoms with van der Waals surface area (Å²) in [6.45, 7) is 0.415. The van der Waals surface area contributed by atoms with Gasteiger partial charge in [0.05, 0.1) is 18.5 Å². The largest absolute Gasteiger partial charge is 0.468 e. The highest BCUT2D eigenvalue weighted by Crippen LogP contribution is 2.23. The molecule has 2 aromatic heterocycles. The molecular weight excluding hydrogens is 306 g/mol.